The van der Waals surface area contributed by atoms with E-state index >= 15 is 0 Å². The number of nitrogens with one attached hydrogen (secondary N) is 4. The molecule has 5 heterocycles. The largest absolute Gasteiger partial charge is 0.560 e. The number of carbonyl (C=O) groups excluding carboxylic acids is 12. The monoisotopic (exact) mass is 1480 g/mol. The summed E-state index contributed by atoms with van der Waals surface area (Å²) in [5.74, 6) is -6.64. The Morgan fingerprint density at radius 2 is 0.771 bits per heavy atom. The first-order valence-corrected chi connectivity index (χ1v) is 33.7. The van der Waals surface area contributed by atoms with Crippen molar-refractivity contribution in [2.75, 3.05) is 42.3 Å². The molecule has 30 heteroatoms. The number of benzene rings is 8. The second-order valence-corrected chi connectivity index (χ2v) is 25.1. The summed E-state index contributed by atoms with van der Waals surface area (Å²) in [6.45, 7) is 1.73. The van der Waals surface area contributed by atoms with Crippen molar-refractivity contribution in [1.82, 2.24) is 45.6 Å². The smallest absolute Gasteiger partial charge is 0.478 e. The van der Waals surface area contributed by atoms with E-state index in [0.717, 1.165) is 54.9 Å². The third kappa shape index (κ3) is 18.2. The fourth-order valence-electron chi connectivity index (χ4n) is 12.0. The van der Waals surface area contributed by atoms with Gasteiger partial charge in [0.15, 0.2) is 0 Å². The lowest BCUT2D eigenvalue weighted by Crippen LogP contribution is -2.37. The van der Waals surface area contributed by atoms with E-state index in [1.807, 2.05) is 155 Å². The van der Waals surface area contributed by atoms with Crippen LogP contribution in [0.15, 0.2) is 173 Å². The zero-order valence-corrected chi connectivity index (χ0v) is 59.5. The number of nitrogens with zero attached hydrogens (tertiary/aromatic N) is 5. The number of hydrogen-bond acceptors (Lipinski definition) is 21. The van der Waals surface area contributed by atoms with E-state index in [9.17, 15) is 67.7 Å². The number of imide groups is 3. The summed E-state index contributed by atoms with van der Waals surface area (Å²) in [7, 11) is 11.5. The second-order valence-electron chi connectivity index (χ2n) is 25.1. The topological polar surface area (TPSA) is 397 Å². The third-order valence-corrected chi connectivity index (χ3v) is 17.4. The average molecular weight is 1480 g/mol. The Morgan fingerprint density at radius 1 is 0.422 bits per heavy atom. The highest BCUT2D eigenvalue weighted by molar-refractivity contribution is 6.11. The Kier molecular flexibility index (Phi) is 24.8. The molecule has 7 aliphatic rings. The maximum Gasteiger partial charge on any atom is 0.560 e. The molecule has 2 aliphatic carbocycles. The highest BCUT2D eigenvalue weighted by Gasteiger charge is 2.38. The van der Waals surface area contributed by atoms with E-state index in [-0.39, 0.29) is 95.1 Å². The molecule has 0 aromatic heterocycles. The molecule has 6 N–H and O–H groups in total. The lowest BCUT2D eigenvalue weighted by atomic mass is 9.89. The van der Waals surface area contributed by atoms with Crippen LogP contribution in [-0.2, 0) is 79.0 Å². The summed E-state index contributed by atoms with van der Waals surface area (Å²) in [6.07, 6.45) is -1.49. The van der Waals surface area contributed by atoms with Crippen molar-refractivity contribution in [3.8, 4) is 44.9 Å². The summed E-state index contributed by atoms with van der Waals surface area (Å²) < 4.78 is 16.7. The zero-order chi connectivity index (χ0) is 78.3. The first-order chi connectivity index (χ1) is 52.3. The van der Waals surface area contributed by atoms with Gasteiger partial charge >= 0.3 is 30.2 Å². The van der Waals surface area contributed by atoms with Crippen molar-refractivity contribution in [2.45, 2.75) is 64.7 Å². The Bertz CT molecular complexity index is 5350. The van der Waals surface area contributed by atoms with Crippen LogP contribution in [0.1, 0.15) is 113 Å². The lowest BCUT2D eigenvalue weighted by molar-refractivity contribution is -0.198. The van der Waals surface area contributed by atoms with Crippen LogP contribution in [0.4, 0.5) is 4.79 Å². The van der Waals surface area contributed by atoms with Gasteiger partial charge in [0.1, 0.15) is 50.9 Å². The molecule has 8 amide bonds. The van der Waals surface area contributed by atoms with Gasteiger partial charge < -0.3 is 45.2 Å². The highest BCUT2D eigenvalue weighted by atomic mass is 16.9. The summed E-state index contributed by atoms with van der Waals surface area (Å²) in [6, 6.07) is 48.5. The van der Waals surface area contributed by atoms with Crippen LogP contribution in [0.25, 0.3) is 66.8 Å². The second kappa shape index (κ2) is 34.8. The van der Waals surface area contributed by atoms with Crippen LogP contribution in [0.5, 0.6) is 0 Å². The molecule has 6 aromatic rings. The maximum atomic E-state index is 13.2. The van der Waals surface area contributed by atoms with E-state index in [2.05, 4.69) is 30.9 Å². The molecule has 556 valence electrons. The van der Waals surface area contributed by atoms with E-state index < -0.39 is 65.4 Å². The molecule has 30 nitrogen and oxygen atoms in total. The van der Waals surface area contributed by atoms with Crippen molar-refractivity contribution in [3.05, 3.63) is 225 Å². The van der Waals surface area contributed by atoms with Gasteiger partial charge in [0, 0.05) is 121 Å². The highest BCUT2D eigenvalue weighted by Crippen LogP contribution is 2.44. The Balaban J connectivity index is 0.000000187. The summed E-state index contributed by atoms with van der Waals surface area (Å²) in [5, 5.41) is 37.0. The molecule has 13 rings (SSSR count). The third-order valence-electron chi connectivity index (χ3n) is 17.4. The number of amides is 8. The molecule has 0 atom stereocenters. The number of carboxylic acid groups (broad SMARTS) is 2. The average Bonchev–Trinajstić information content (AvgIpc) is 1.51. The van der Waals surface area contributed by atoms with Gasteiger partial charge in [0.2, 0.25) is 10.7 Å². The molecule has 0 spiro atoms. The fraction of sp³-hybridized carbons (Fsp3) is 0.203. The first kappa shape index (κ1) is 77.6. The van der Waals surface area contributed by atoms with Gasteiger partial charge in [-0.2, -0.15) is 14.4 Å². The Hall–Kier alpha value is -14.0. The number of rotatable bonds is 18. The number of hydroxylamine groups is 6. The maximum absolute atomic E-state index is 13.2. The van der Waals surface area contributed by atoms with Crippen molar-refractivity contribution in [1.29, 1.82) is 0 Å². The van der Waals surface area contributed by atoms with Crippen molar-refractivity contribution < 1.29 is 101 Å². The Labute approximate surface area is 619 Å². The summed E-state index contributed by atoms with van der Waals surface area (Å²) >= 11 is 0. The molecule has 0 bridgehead atoms. The number of carbonyl (C=O) groups is 12. The predicted octanol–water partition coefficient (Wildman–Crippen LogP) is 7.07. The molecular formula is C79H71N9O21+2. The van der Waals surface area contributed by atoms with Gasteiger partial charge in [-0.3, -0.25) is 48.0 Å². The molecule has 3 saturated heterocycles. The van der Waals surface area contributed by atoms with Crippen LogP contribution in [0.3, 0.4) is 0 Å². The summed E-state index contributed by atoms with van der Waals surface area (Å²) in [4.78, 5) is 173. The molecular weight excluding hydrogens is 1410 g/mol. The minimum atomic E-state index is -1.48. The molecule has 0 radical (unpaired) electrons. The standard InChI is InChI=1S/C37H32N4O8.C32H29N3O4.C9H8N2O7.CO2/c1-38-19-22-6-11-27-30(16-22)48-31-18-25(40(2)3)10-13-28(31)34(27)26-12-9-24(17-29(26)36(45)46)35(44)39-20-21-4-7-23(8-5-21)37(47)49-41-32(42)14-15-33(41)43;1-33-18-21-9-12-25-28(15-21)39-29-17-23(35(2)3)11-14-26(29)30(25)24-13-10-22(16-27(24)32(37)38)31(36)34-19-20-7-5-4-6-8-20;12-5-1-2-6(13)10(5)17-9(16)18-11-7(14)3-4-8(11)15;2-1-3/h4-13,16-18,38H,14-15,19-20H2,1-3H3,(H-,39,44,45,46);4-17,33H,18-19H2,1-3H3,(H-,34,36,37,38);1-4H2;/p+2. The van der Waals surface area contributed by atoms with Crippen LogP contribution in [0.2, 0.25) is 0 Å². The number of aromatic carboxylic acids is 2. The zero-order valence-electron chi connectivity index (χ0n) is 59.5. The lowest BCUT2D eigenvalue weighted by Gasteiger charge is -2.18. The Morgan fingerprint density at radius 3 is 1.14 bits per heavy atom. The van der Waals surface area contributed by atoms with Gasteiger partial charge in [0.05, 0.1) is 28.8 Å². The van der Waals surface area contributed by atoms with Crippen LogP contribution >= 0.6 is 0 Å². The number of fused-ring (bicyclic) bond motifs is 4. The van der Waals surface area contributed by atoms with Gasteiger partial charge in [-0.15, -0.1) is 5.06 Å². The minimum absolute atomic E-state index is 0.00642. The van der Waals surface area contributed by atoms with Crippen molar-refractivity contribution in [3.63, 3.8) is 0 Å². The van der Waals surface area contributed by atoms with E-state index in [1.54, 1.807) is 36.4 Å². The van der Waals surface area contributed by atoms with E-state index in [1.165, 1.54) is 24.3 Å². The van der Waals surface area contributed by atoms with E-state index in [0.29, 0.717) is 69.6 Å². The van der Waals surface area contributed by atoms with Crippen molar-refractivity contribution in [2.24, 2.45) is 0 Å². The number of carboxylic acids is 2. The number of hydrogen-bond donors (Lipinski definition) is 6. The first-order valence-electron chi connectivity index (χ1n) is 33.7. The molecule has 109 heavy (non-hydrogen) atoms. The quantitative estimate of drug-likeness (QED) is 0.0284. The van der Waals surface area contributed by atoms with Crippen LogP contribution in [-0.4, -0.2) is 145 Å². The summed E-state index contributed by atoms with van der Waals surface area (Å²) in [5.41, 5.74) is 9.38. The van der Waals surface area contributed by atoms with Crippen LogP contribution in [0, 0.1) is 0 Å². The molecule has 3 fully saturated rings. The molecule has 0 saturated carbocycles. The van der Waals surface area contributed by atoms with E-state index in [4.69, 9.17) is 23.3 Å². The minimum Gasteiger partial charge on any atom is -0.478 e. The molecule has 0 unspecified atom stereocenters. The van der Waals surface area contributed by atoms with Gasteiger partial charge in [-0.05, 0) is 108 Å². The molecule has 5 aliphatic heterocycles. The predicted molar refractivity (Wildman–Crippen MR) is 387 cm³/mol. The molecule has 6 aromatic carbocycles. The van der Waals surface area contributed by atoms with Crippen molar-refractivity contribution >= 4 is 99.4 Å². The SMILES string of the molecule is CNCc1ccc2c(-c3ccc(C(=O)NCc4ccc(C(=O)ON5C(=O)CCC5=O)cc4)cc3C(=O)O)c3ccc(=[N+](C)C)cc-3oc2c1.CNCc1ccc2c(-c3ccc(C(=O)NCc4ccccc4)cc3C(=O)O)c3ccc(=[N+](C)C)cc-3oc2c1.O=C(ON1C(=O)CCC1=O)ON1C(=O)CCC1=O.O=C=O. The normalized spacial score (nSPS) is 13.1. The van der Waals surface area contributed by atoms with Gasteiger partial charge in [-0.25, -0.2) is 23.5 Å². The van der Waals surface area contributed by atoms with Gasteiger partial charge in [-0.1, -0.05) is 89.0 Å². The fourth-order valence-corrected chi connectivity index (χ4v) is 12.0. The van der Waals surface area contributed by atoms with Crippen LogP contribution < -0.4 is 41.1 Å². The van der Waals surface area contributed by atoms with Gasteiger partial charge in [0.25, 0.3) is 47.3 Å².